The molecule has 0 amide bonds. The summed E-state index contributed by atoms with van der Waals surface area (Å²) < 4.78 is 11.2. The molecule has 0 radical (unpaired) electrons. The molecule has 1 aliphatic heterocycles. The van der Waals surface area contributed by atoms with Gasteiger partial charge in [-0.2, -0.15) is 0 Å². The lowest BCUT2D eigenvalue weighted by Gasteiger charge is -2.29. The van der Waals surface area contributed by atoms with Crippen LogP contribution in [0.3, 0.4) is 0 Å². The lowest BCUT2D eigenvalue weighted by Crippen LogP contribution is -2.42. The molecule has 5 nitrogen and oxygen atoms in total. The number of benzene rings is 1. The fraction of sp³-hybridized carbons (Fsp3) is 0.462. The number of carboxylic acids is 1. The molecule has 1 heterocycles. The summed E-state index contributed by atoms with van der Waals surface area (Å²) in [7, 11) is 2.05. The van der Waals surface area contributed by atoms with E-state index in [0.29, 0.717) is 12.4 Å². The summed E-state index contributed by atoms with van der Waals surface area (Å²) in [6, 6.07) is 6.39. The highest BCUT2D eigenvalue weighted by atomic mass is 16.5. The van der Waals surface area contributed by atoms with Gasteiger partial charge in [0, 0.05) is 13.1 Å². The van der Waals surface area contributed by atoms with Gasteiger partial charge >= 0.3 is 5.97 Å². The van der Waals surface area contributed by atoms with Gasteiger partial charge in [-0.15, -0.1) is 0 Å². The maximum absolute atomic E-state index is 10.7. The van der Waals surface area contributed by atoms with Gasteiger partial charge in [0.1, 0.15) is 18.5 Å². The van der Waals surface area contributed by atoms with Crippen LogP contribution in [0.5, 0.6) is 5.75 Å². The molecule has 1 unspecified atom stereocenters. The molecule has 18 heavy (non-hydrogen) atoms. The van der Waals surface area contributed by atoms with Crippen LogP contribution in [0.25, 0.3) is 0 Å². The van der Waals surface area contributed by atoms with E-state index in [9.17, 15) is 4.79 Å². The molecule has 0 bridgehead atoms. The van der Waals surface area contributed by atoms with Gasteiger partial charge < -0.3 is 19.5 Å². The van der Waals surface area contributed by atoms with Crippen LogP contribution < -0.4 is 4.74 Å². The maximum Gasteiger partial charge on any atom is 0.335 e. The highest BCUT2D eigenvalue weighted by molar-refractivity contribution is 5.87. The Hall–Kier alpha value is -1.59. The summed E-state index contributed by atoms with van der Waals surface area (Å²) in [6.07, 6.45) is 0.0721. The molecule has 1 aromatic rings. The first-order valence-corrected chi connectivity index (χ1v) is 5.91. The number of nitrogens with zero attached hydrogens (tertiary/aromatic N) is 1. The maximum atomic E-state index is 10.7. The molecule has 0 saturated carbocycles. The van der Waals surface area contributed by atoms with Gasteiger partial charge in [0.2, 0.25) is 0 Å². The molecule has 1 fully saturated rings. The smallest absolute Gasteiger partial charge is 0.335 e. The van der Waals surface area contributed by atoms with Crippen molar-refractivity contribution in [3.05, 3.63) is 29.8 Å². The third-order valence-electron chi connectivity index (χ3n) is 2.88. The van der Waals surface area contributed by atoms with E-state index < -0.39 is 5.97 Å². The van der Waals surface area contributed by atoms with Crippen molar-refractivity contribution >= 4 is 5.97 Å². The Balaban J connectivity index is 1.84. The first-order chi connectivity index (χ1) is 8.65. The molecule has 98 valence electrons. The number of ether oxygens (including phenoxy) is 2. The van der Waals surface area contributed by atoms with Crippen molar-refractivity contribution in [3.63, 3.8) is 0 Å². The average Bonchev–Trinajstić information content (AvgIpc) is 2.37. The minimum Gasteiger partial charge on any atom is -0.491 e. The van der Waals surface area contributed by atoms with E-state index in [0.717, 1.165) is 19.7 Å². The van der Waals surface area contributed by atoms with Crippen molar-refractivity contribution in [2.75, 3.05) is 33.4 Å². The Morgan fingerprint density at radius 3 is 2.83 bits per heavy atom. The van der Waals surface area contributed by atoms with Crippen molar-refractivity contribution in [3.8, 4) is 5.75 Å². The average molecular weight is 251 g/mol. The van der Waals surface area contributed by atoms with Gasteiger partial charge in [0.15, 0.2) is 0 Å². The van der Waals surface area contributed by atoms with Gasteiger partial charge in [0.25, 0.3) is 0 Å². The monoisotopic (exact) mass is 251 g/mol. The number of morpholine rings is 1. The molecule has 0 spiro atoms. The Labute approximate surface area is 106 Å². The number of hydrogen-bond acceptors (Lipinski definition) is 4. The third kappa shape index (κ3) is 3.45. The minimum absolute atomic E-state index is 0.0721. The Bertz CT molecular complexity index is 404. The fourth-order valence-corrected chi connectivity index (χ4v) is 1.85. The van der Waals surface area contributed by atoms with Crippen LogP contribution in [0.2, 0.25) is 0 Å². The first-order valence-electron chi connectivity index (χ1n) is 5.91. The van der Waals surface area contributed by atoms with Crippen molar-refractivity contribution in [2.45, 2.75) is 6.10 Å². The van der Waals surface area contributed by atoms with Crippen molar-refractivity contribution < 1.29 is 19.4 Å². The summed E-state index contributed by atoms with van der Waals surface area (Å²) in [4.78, 5) is 12.9. The van der Waals surface area contributed by atoms with Gasteiger partial charge in [0.05, 0.1) is 12.2 Å². The van der Waals surface area contributed by atoms with Crippen LogP contribution in [0.15, 0.2) is 24.3 Å². The zero-order valence-corrected chi connectivity index (χ0v) is 10.3. The van der Waals surface area contributed by atoms with Crippen molar-refractivity contribution in [1.29, 1.82) is 0 Å². The van der Waals surface area contributed by atoms with Crippen LogP contribution in [-0.4, -0.2) is 55.4 Å². The van der Waals surface area contributed by atoms with Gasteiger partial charge in [-0.05, 0) is 31.3 Å². The lowest BCUT2D eigenvalue weighted by molar-refractivity contribution is -0.0403. The van der Waals surface area contributed by atoms with Crippen LogP contribution in [-0.2, 0) is 4.74 Å². The molecule has 0 aromatic heterocycles. The van der Waals surface area contributed by atoms with E-state index in [2.05, 4.69) is 11.9 Å². The molecule has 1 aromatic carbocycles. The molecule has 5 heteroatoms. The van der Waals surface area contributed by atoms with Crippen molar-refractivity contribution in [2.24, 2.45) is 0 Å². The van der Waals surface area contributed by atoms with Gasteiger partial charge in [-0.25, -0.2) is 4.79 Å². The standard InChI is InChI=1S/C13H17NO4/c1-14-6-7-17-12(8-14)9-18-11-4-2-10(3-5-11)13(15)16/h2-5,12H,6-9H2,1H3,(H,15,16). The van der Waals surface area contributed by atoms with Crippen molar-refractivity contribution in [1.82, 2.24) is 4.90 Å². The van der Waals surface area contributed by atoms with E-state index >= 15 is 0 Å². The van der Waals surface area contributed by atoms with Crippen LogP contribution in [0, 0.1) is 0 Å². The molecule has 1 N–H and O–H groups in total. The van der Waals surface area contributed by atoms with E-state index in [-0.39, 0.29) is 11.7 Å². The summed E-state index contributed by atoms with van der Waals surface area (Å²) in [5, 5.41) is 8.77. The lowest BCUT2D eigenvalue weighted by atomic mass is 10.2. The van der Waals surface area contributed by atoms with Gasteiger partial charge in [-0.1, -0.05) is 0 Å². The molecule has 1 saturated heterocycles. The normalized spacial score (nSPS) is 20.6. The minimum atomic E-state index is -0.932. The first kappa shape index (κ1) is 12.9. The highest BCUT2D eigenvalue weighted by Crippen LogP contribution is 2.13. The predicted octanol–water partition coefficient (Wildman–Crippen LogP) is 1.09. The van der Waals surface area contributed by atoms with Crippen LogP contribution in [0.1, 0.15) is 10.4 Å². The number of hydrogen-bond donors (Lipinski definition) is 1. The quantitative estimate of drug-likeness (QED) is 0.868. The summed E-state index contributed by atoms with van der Waals surface area (Å²) in [5.41, 5.74) is 0.260. The second-order valence-corrected chi connectivity index (χ2v) is 4.40. The molecule has 1 atom stereocenters. The number of likely N-dealkylation sites (N-methyl/N-ethyl adjacent to an activating group) is 1. The summed E-state index contributed by atoms with van der Waals surface area (Å²) in [6.45, 7) is 3.01. The number of carbonyl (C=O) groups is 1. The fourth-order valence-electron chi connectivity index (χ4n) is 1.85. The van der Waals surface area contributed by atoms with E-state index in [1.54, 1.807) is 12.1 Å². The van der Waals surface area contributed by atoms with Crippen LogP contribution >= 0.6 is 0 Å². The van der Waals surface area contributed by atoms with E-state index in [4.69, 9.17) is 14.6 Å². The number of rotatable bonds is 4. The highest BCUT2D eigenvalue weighted by Gasteiger charge is 2.18. The number of carboxylic acid groups (broad SMARTS) is 1. The third-order valence-corrected chi connectivity index (χ3v) is 2.88. The Morgan fingerprint density at radius 2 is 2.22 bits per heavy atom. The van der Waals surface area contributed by atoms with Crippen LogP contribution in [0.4, 0.5) is 0 Å². The molecule has 2 rings (SSSR count). The molecule has 0 aliphatic carbocycles. The predicted molar refractivity (Wildman–Crippen MR) is 66.1 cm³/mol. The second-order valence-electron chi connectivity index (χ2n) is 4.40. The zero-order chi connectivity index (χ0) is 13.0. The molecule has 1 aliphatic rings. The Kier molecular flexibility index (Phi) is 4.17. The topological polar surface area (TPSA) is 59.0 Å². The SMILES string of the molecule is CN1CCOC(COc2ccc(C(=O)O)cc2)C1. The Morgan fingerprint density at radius 1 is 1.50 bits per heavy atom. The molecular formula is C13H17NO4. The summed E-state index contributed by atoms with van der Waals surface area (Å²) in [5.74, 6) is -0.268. The second kappa shape index (κ2) is 5.84. The zero-order valence-electron chi connectivity index (χ0n) is 10.3. The largest absolute Gasteiger partial charge is 0.491 e. The summed E-state index contributed by atoms with van der Waals surface area (Å²) >= 11 is 0. The number of aromatic carboxylic acids is 1. The van der Waals surface area contributed by atoms with E-state index in [1.165, 1.54) is 12.1 Å². The molecular weight excluding hydrogens is 234 g/mol. The van der Waals surface area contributed by atoms with E-state index in [1.807, 2.05) is 0 Å². The van der Waals surface area contributed by atoms with Gasteiger partial charge in [-0.3, -0.25) is 0 Å².